The molecule has 40 valence electrons. The Balaban J connectivity index is 2.14. The predicted molar refractivity (Wildman–Crippen MR) is 35.1 cm³/mol. The van der Waals surface area contributed by atoms with Gasteiger partial charge in [0.05, 0.1) is 0 Å². The highest BCUT2D eigenvalue weighted by Crippen LogP contribution is 2.21. The normalized spacial score (nSPS) is 21.0. The molecule has 0 N–H and O–H groups in total. The van der Waals surface area contributed by atoms with Gasteiger partial charge in [0, 0.05) is 0 Å². The second kappa shape index (κ2) is 2.39. The van der Waals surface area contributed by atoms with Gasteiger partial charge in [0.25, 0.3) is 0 Å². The molecule has 1 rings (SSSR count). The zero-order valence-corrected chi connectivity index (χ0v) is 5.11. The van der Waals surface area contributed by atoms with Crippen LogP contribution in [0.15, 0.2) is 0 Å². The highest BCUT2D eigenvalue weighted by Gasteiger charge is 2.15. The Hall–Kier alpha value is 0.0649. The Bertz CT molecular complexity index is 46.1. The van der Waals surface area contributed by atoms with Crippen LogP contribution in [0.2, 0.25) is 19.0 Å². The van der Waals surface area contributed by atoms with Gasteiger partial charge in [-0.15, -0.1) is 0 Å². The zero-order valence-electron chi connectivity index (χ0n) is 5.11. The highest BCUT2D eigenvalue weighted by atomic mass is 13.9. The summed E-state index contributed by atoms with van der Waals surface area (Å²) in [5, 5.41) is 0. The van der Waals surface area contributed by atoms with Crippen LogP contribution in [0.25, 0.3) is 0 Å². The maximum absolute atomic E-state index is 2.30. The van der Waals surface area contributed by atoms with E-state index in [1.807, 2.05) is 0 Å². The number of hydrogen-bond donors (Lipinski definition) is 0. The van der Waals surface area contributed by atoms with Crippen molar-refractivity contribution in [1.82, 2.24) is 0 Å². The molecule has 1 aliphatic rings. The fourth-order valence-electron chi connectivity index (χ4n) is 1.42. The van der Waals surface area contributed by atoms with E-state index in [4.69, 9.17) is 0 Å². The van der Waals surface area contributed by atoms with Crippen LogP contribution in [0.3, 0.4) is 0 Å². The molecular weight excluding hydrogens is 82.9 g/mol. The zero-order chi connectivity index (χ0) is 5.11. The van der Waals surface area contributed by atoms with Crippen molar-refractivity contribution >= 4 is 6.71 Å². The van der Waals surface area contributed by atoms with E-state index < -0.39 is 0 Å². The maximum Gasteiger partial charge on any atom is 0.139 e. The lowest BCUT2D eigenvalue weighted by atomic mass is 9.47. The van der Waals surface area contributed by atoms with E-state index >= 15 is 0 Å². The topological polar surface area (TPSA) is 0 Å². The molecule has 0 radical (unpaired) electrons. The summed E-state index contributed by atoms with van der Waals surface area (Å²) in [6, 6.07) is 0. The third-order valence-electron chi connectivity index (χ3n) is 2.05. The first kappa shape index (κ1) is 5.21. The molecule has 0 aromatic carbocycles. The van der Waals surface area contributed by atoms with E-state index in [2.05, 4.69) is 6.92 Å². The summed E-state index contributed by atoms with van der Waals surface area (Å²) in [6.07, 6.45) is 7.43. The third-order valence-corrected chi connectivity index (χ3v) is 2.05. The number of hydrogen-bond acceptors (Lipinski definition) is 0. The molecule has 1 heterocycles. The van der Waals surface area contributed by atoms with Crippen LogP contribution in [0.1, 0.15) is 19.8 Å². The van der Waals surface area contributed by atoms with Gasteiger partial charge in [0.2, 0.25) is 0 Å². The molecule has 0 aliphatic carbocycles. The summed E-state index contributed by atoms with van der Waals surface area (Å²) in [5.41, 5.74) is 0. The largest absolute Gasteiger partial charge is 0.139 e. The van der Waals surface area contributed by atoms with E-state index in [0.29, 0.717) is 0 Å². The molecule has 7 heavy (non-hydrogen) atoms. The summed E-state index contributed by atoms with van der Waals surface area (Å²) in [4.78, 5) is 0. The quantitative estimate of drug-likeness (QED) is 0.439. The number of rotatable bonds is 1. The van der Waals surface area contributed by atoms with Crippen LogP contribution in [0.4, 0.5) is 0 Å². The van der Waals surface area contributed by atoms with Gasteiger partial charge < -0.3 is 0 Å². The molecule has 1 fully saturated rings. The summed E-state index contributed by atoms with van der Waals surface area (Å²) < 4.78 is 0. The van der Waals surface area contributed by atoms with E-state index in [0.717, 1.165) is 6.71 Å². The summed E-state index contributed by atoms with van der Waals surface area (Å²) in [7, 11) is 0. The van der Waals surface area contributed by atoms with Crippen molar-refractivity contribution in [1.29, 1.82) is 0 Å². The molecule has 0 saturated carbocycles. The van der Waals surface area contributed by atoms with Crippen LogP contribution in [-0.2, 0) is 0 Å². The Morgan fingerprint density at radius 1 is 1.29 bits per heavy atom. The highest BCUT2D eigenvalue weighted by molar-refractivity contribution is 6.59. The van der Waals surface area contributed by atoms with Gasteiger partial charge in [-0.3, -0.25) is 0 Å². The van der Waals surface area contributed by atoms with Gasteiger partial charge in [-0.05, 0) is 0 Å². The van der Waals surface area contributed by atoms with Crippen LogP contribution in [0, 0.1) is 0 Å². The molecule has 0 unspecified atom stereocenters. The van der Waals surface area contributed by atoms with Gasteiger partial charge in [-0.25, -0.2) is 0 Å². The Morgan fingerprint density at radius 2 is 1.86 bits per heavy atom. The Morgan fingerprint density at radius 3 is 2.14 bits per heavy atom. The molecule has 1 saturated heterocycles. The Labute approximate surface area is 46.4 Å². The Kier molecular flexibility index (Phi) is 1.78. The van der Waals surface area contributed by atoms with Crippen molar-refractivity contribution in [3.63, 3.8) is 0 Å². The minimum atomic E-state index is 1.10. The molecule has 0 amide bonds. The standard InChI is InChI=1S/C6H13B/c1-2-7-5-3-4-6-7/h2-6H2,1H3. The second-order valence-corrected chi connectivity index (χ2v) is 2.56. The van der Waals surface area contributed by atoms with Gasteiger partial charge in [0.1, 0.15) is 6.71 Å². The van der Waals surface area contributed by atoms with Gasteiger partial charge in [-0.1, -0.05) is 38.7 Å². The first-order valence-corrected chi connectivity index (χ1v) is 3.43. The van der Waals surface area contributed by atoms with E-state index in [1.54, 1.807) is 0 Å². The van der Waals surface area contributed by atoms with Crippen molar-refractivity contribution in [2.24, 2.45) is 0 Å². The third kappa shape index (κ3) is 1.22. The van der Waals surface area contributed by atoms with Crippen molar-refractivity contribution < 1.29 is 0 Å². The fourth-order valence-corrected chi connectivity index (χ4v) is 1.42. The van der Waals surface area contributed by atoms with Crippen LogP contribution < -0.4 is 0 Å². The second-order valence-electron chi connectivity index (χ2n) is 2.56. The molecule has 1 heteroatoms. The van der Waals surface area contributed by atoms with Gasteiger partial charge in [-0.2, -0.15) is 0 Å². The van der Waals surface area contributed by atoms with Gasteiger partial charge in [0.15, 0.2) is 0 Å². The minimum Gasteiger partial charge on any atom is -0.0770 e. The van der Waals surface area contributed by atoms with E-state index in [1.165, 1.54) is 31.8 Å². The molecular formula is C6H13B. The van der Waals surface area contributed by atoms with E-state index in [9.17, 15) is 0 Å². The van der Waals surface area contributed by atoms with Crippen molar-refractivity contribution in [3.05, 3.63) is 0 Å². The molecule has 0 atom stereocenters. The summed E-state index contributed by atoms with van der Waals surface area (Å²) >= 11 is 0. The molecule has 0 aromatic rings. The molecule has 0 spiro atoms. The van der Waals surface area contributed by atoms with Crippen molar-refractivity contribution in [3.8, 4) is 0 Å². The molecule has 1 aliphatic heterocycles. The van der Waals surface area contributed by atoms with E-state index in [-0.39, 0.29) is 0 Å². The fraction of sp³-hybridized carbons (Fsp3) is 1.00. The summed E-state index contributed by atoms with van der Waals surface area (Å²) in [5.74, 6) is 0. The molecule has 0 bridgehead atoms. The lowest BCUT2D eigenvalue weighted by Gasteiger charge is -1.94. The SMILES string of the molecule is CCB1CCCC1. The molecule has 0 aromatic heterocycles. The average molecular weight is 96.0 g/mol. The monoisotopic (exact) mass is 96.1 g/mol. The van der Waals surface area contributed by atoms with Crippen LogP contribution in [0.5, 0.6) is 0 Å². The average Bonchev–Trinajstić information content (AvgIpc) is 2.14. The lowest BCUT2D eigenvalue weighted by Crippen LogP contribution is -2.00. The lowest BCUT2D eigenvalue weighted by molar-refractivity contribution is 0.935. The van der Waals surface area contributed by atoms with Crippen LogP contribution >= 0.6 is 0 Å². The minimum absolute atomic E-state index is 1.10. The smallest absolute Gasteiger partial charge is 0.0770 e. The maximum atomic E-state index is 2.30. The first-order valence-electron chi connectivity index (χ1n) is 3.43. The first-order chi connectivity index (χ1) is 3.43. The van der Waals surface area contributed by atoms with Gasteiger partial charge >= 0.3 is 0 Å². The van der Waals surface area contributed by atoms with Crippen molar-refractivity contribution in [2.75, 3.05) is 0 Å². The van der Waals surface area contributed by atoms with Crippen molar-refractivity contribution in [2.45, 2.75) is 38.7 Å². The predicted octanol–water partition coefficient (Wildman–Crippen LogP) is 2.29. The molecule has 0 nitrogen and oxygen atoms in total. The summed E-state index contributed by atoms with van der Waals surface area (Å²) in [6.45, 7) is 3.40. The van der Waals surface area contributed by atoms with Crippen LogP contribution in [-0.4, -0.2) is 6.71 Å².